The average Bonchev–Trinajstić information content (AvgIpc) is 2.74. The predicted molar refractivity (Wildman–Crippen MR) is 119 cm³/mol. The van der Waals surface area contributed by atoms with Crippen LogP contribution in [-0.2, 0) is 11.3 Å². The first-order valence-electron chi connectivity index (χ1n) is 9.52. The Kier molecular flexibility index (Phi) is 7.47. The van der Waals surface area contributed by atoms with Crippen LogP contribution in [0.3, 0.4) is 0 Å². The standard InChI is InChI=1S/C24H24N2O2S/c1-18-11-13-20(14-12-18)29-16-15-23(27)26-22-10-6-5-9-21(22)24(28)25-17-19-7-3-2-4-8-19/h2-14H,15-17H2,1H3,(H,25,28)(H,26,27). The third-order valence-corrected chi connectivity index (χ3v) is 5.37. The van der Waals surface area contributed by atoms with Gasteiger partial charge in [-0.2, -0.15) is 0 Å². The van der Waals surface area contributed by atoms with Crippen molar-refractivity contribution >= 4 is 29.3 Å². The molecule has 3 aromatic rings. The van der Waals surface area contributed by atoms with E-state index < -0.39 is 0 Å². The monoisotopic (exact) mass is 404 g/mol. The predicted octanol–water partition coefficient (Wildman–Crippen LogP) is 5.05. The molecule has 2 N–H and O–H groups in total. The van der Waals surface area contributed by atoms with Crippen LogP contribution in [0.5, 0.6) is 0 Å². The molecule has 0 spiro atoms. The summed E-state index contributed by atoms with van der Waals surface area (Å²) in [5.41, 5.74) is 3.23. The van der Waals surface area contributed by atoms with E-state index >= 15 is 0 Å². The van der Waals surface area contributed by atoms with Gasteiger partial charge < -0.3 is 10.6 Å². The van der Waals surface area contributed by atoms with Gasteiger partial charge in [0, 0.05) is 23.6 Å². The lowest BCUT2D eigenvalue weighted by Gasteiger charge is -2.11. The first kappa shape index (κ1) is 20.7. The fourth-order valence-electron chi connectivity index (χ4n) is 2.77. The molecule has 3 aromatic carbocycles. The van der Waals surface area contributed by atoms with Crippen LogP contribution in [0.25, 0.3) is 0 Å². The lowest BCUT2D eigenvalue weighted by molar-refractivity contribution is -0.115. The minimum absolute atomic E-state index is 0.104. The zero-order valence-electron chi connectivity index (χ0n) is 16.4. The van der Waals surface area contributed by atoms with Gasteiger partial charge in [-0.3, -0.25) is 9.59 Å². The molecule has 0 aliphatic rings. The minimum atomic E-state index is -0.209. The van der Waals surface area contributed by atoms with Crippen LogP contribution in [-0.4, -0.2) is 17.6 Å². The van der Waals surface area contributed by atoms with Gasteiger partial charge in [0.05, 0.1) is 11.3 Å². The topological polar surface area (TPSA) is 58.2 Å². The highest BCUT2D eigenvalue weighted by atomic mass is 32.2. The Morgan fingerprint density at radius 3 is 2.31 bits per heavy atom. The summed E-state index contributed by atoms with van der Waals surface area (Å²) in [6.07, 6.45) is 0.374. The van der Waals surface area contributed by atoms with Gasteiger partial charge >= 0.3 is 0 Å². The quantitative estimate of drug-likeness (QED) is 0.517. The van der Waals surface area contributed by atoms with Crippen molar-refractivity contribution in [3.05, 3.63) is 95.6 Å². The molecule has 0 bridgehead atoms. The third-order valence-electron chi connectivity index (χ3n) is 4.36. The van der Waals surface area contributed by atoms with Gasteiger partial charge in [-0.05, 0) is 36.8 Å². The number of rotatable bonds is 8. The van der Waals surface area contributed by atoms with Crippen molar-refractivity contribution in [2.24, 2.45) is 0 Å². The minimum Gasteiger partial charge on any atom is -0.348 e. The highest BCUT2D eigenvalue weighted by molar-refractivity contribution is 7.99. The van der Waals surface area contributed by atoms with Crippen molar-refractivity contribution in [3.8, 4) is 0 Å². The van der Waals surface area contributed by atoms with E-state index in [1.165, 1.54) is 5.56 Å². The molecule has 0 aliphatic heterocycles. The number of nitrogens with one attached hydrogen (secondary N) is 2. The van der Waals surface area contributed by atoms with Gasteiger partial charge in [-0.25, -0.2) is 0 Å². The highest BCUT2D eigenvalue weighted by Crippen LogP contribution is 2.20. The van der Waals surface area contributed by atoms with E-state index in [1.54, 1.807) is 30.0 Å². The Balaban J connectivity index is 1.53. The third kappa shape index (κ3) is 6.50. The summed E-state index contributed by atoms with van der Waals surface area (Å²) in [5.74, 6) is 0.365. The van der Waals surface area contributed by atoms with Crippen LogP contribution in [0.15, 0.2) is 83.8 Å². The maximum absolute atomic E-state index is 12.6. The Bertz CT molecular complexity index is 956. The van der Waals surface area contributed by atoms with E-state index in [0.717, 1.165) is 10.5 Å². The summed E-state index contributed by atoms with van der Waals surface area (Å²) < 4.78 is 0. The van der Waals surface area contributed by atoms with E-state index in [9.17, 15) is 9.59 Å². The molecule has 2 amide bonds. The molecule has 0 saturated carbocycles. The molecule has 0 atom stereocenters. The first-order chi connectivity index (χ1) is 14.1. The van der Waals surface area contributed by atoms with E-state index in [2.05, 4.69) is 41.8 Å². The van der Waals surface area contributed by atoms with Crippen LogP contribution in [0.2, 0.25) is 0 Å². The van der Waals surface area contributed by atoms with E-state index in [-0.39, 0.29) is 11.8 Å². The van der Waals surface area contributed by atoms with E-state index in [1.807, 2.05) is 36.4 Å². The van der Waals surface area contributed by atoms with Gasteiger partial charge in [0.2, 0.25) is 5.91 Å². The SMILES string of the molecule is Cc1ccc(SCCC(=O)Nc2ccccc2C(=O)NCc2ccccc2)cc1. The summed E-state index contributed by atoms with van der Waals surface area (Å²) in [5, 5.41) is 5.78. The number of anilines is 1. The van der Waals surface area contributed by atoms with Gasteiger partial charge in [0.15, 0.2) is 0 Å². The lowest BCUT2D eigenvalue weighted by atomic mass is 10.1. The molecular formula is C24H24N2O2S. The van der Waals surface area contributed by atoms with Crippen LogP contribution in [0.4, 0.5) is 5.69 Å². The Morgan fingerprint density at radius 2 is 1.55 bits per heavy atom. The van der Waals surface area contributed by atoms with Crippen LogP contribution >= 0.6 is 11.8 Å². The Hall–Kier alpha value is -3.05. The molecule has 0 radical (unpaired) electrons. The number of thioether (sulfide) groups is 1. The summed E-state index contributed by atoms with van der Waals surface area (Å²) in [6, 6.07) is 25.0. The summed E-state index contributed by atoms with van der Waals surface area (Å²) in [4.78, 5) is 26.1. The molecule has 0 aliphatic carbocycles. The van der Waals surface area contributed by atoms with Crippen LogP contribution < -0.4 is 10.6 Å². The van der Waals surface area contributed by atoms with Gasteiger partial charge in [-0.15, -0.1) is 11.8 Å². The number of amides is 2. The Labute approximate surface area is 175 Å². The second-order valence-corrected chi connectivity index (χ2v) is 7.84. The smallest absolute Gasteiger partial charge is 0.253 e. The molecule has 0 heterocycles. The van der Waals surface area contributed by atoms with Crippen molar-refractivity contribution in [2.45, 2.75) is 24.8 Å². The molecule has 4 nitrogen and oxygen atoms in total. The number of carbonyl (C=O) groups excluding carboxylic acids is 2. The van der Waals surface area contributed by atoms with Gasteiger partial charge in [0.1, 0.15) is 0 Å². The molecule has 0 fully saturated rings. The van der Waals surface area contributed by atoms with Crippen molar-refractivity contribution in [3.63, 3.8) is 0 Å². The summed E-state index contributed by atoms with van der Waals surface area (Å²) in [6.45, 7) is 2.49. The van der Waals surface area contributed by atoms with Crippen molar-refractivity contribution < 1.29 is 9.59 Å². The first-order valence-corrected chi connectivity index (χ1v) is 10.5. The highest BCUT2D eigenvalue weighted by Gasteiger charge is 2.13. The summed E-state index contributed by atoms with van der Waals surface area (Å²) >= 11 is 1.64. The number of hydrogen-bond acceptors (Lipinski definition) is 3. The number of benzene rings is 3. The Morgan fingerprint density at radius 1 is 0.862 bits per heavy atom. The van der Waals surface area contributed by atoms with Crippen molar-refractivity contribution in [1.82, 2.24) is 5.32 Å². The molecular weight excluding hydrogens is 380 g/mol. The molecule has 29 heavy (non-hydrogen) atoms. The molecule has 0 saturated heterocycles. The second-order valence-electron chi connectivity index (χ2n) is 6.67. The maximum atomic E-state index is 12.6. The van der Waals surface area contributed by atoms with Crippen molar-refractivity contribution in [2.75, 3.05) is 11.1 Å². The van der Waals surface area contributed by atoms with Gasteiger partial charge in [-0.1, -0.05) is 60.2 Å². The normalized spacial score (nSPS) is 10.4. The zero-order valence-corrected chi connectivity index (χ0v) is 17.2. The fourth-order valence-corrected chi connectivity index (χ4v) is 3.62. The number of para-hydroxylation sites is 1. The largest absolute Gasteiger partial charge is 0.348 e. The van der Waals surface area contributed by atoms with Crippen molar-refractivity contribution in [1.29, 1.82) is 0 Å². The molecule has 0 unspecified atom stereocenters. The van der Waals surface area contributed by atoms with E-state index in [4.69, 9.17) is 0 Å². The maximum Gasteiger partial charge on any atom is 0.253 e. The number of carbonyl (C=O) groups is 2. The number of aryl methyl sites for hydroxylation is 1. The van der Waals surface area contributed by atoms with Crippen LogP contribution in [0, 0.1) is 6.92 Å². The zero-order chi connectivity index (χ0) is 20.5. The molecule has 3 rings (SSSR count). The average molecular weight is 405 g/mol. The number of hydrogen-bond donors (Lipinski definition) is 2. The van der Waals surface area contributed by atoms with E-state index in [0.29, 0.717) is 30.0 Å². The van der Waals surface area contributed by atoms with Crippen LogP contribution in [0.1, 0.15) is 27.9 Å². The molecule has 0 aromatic heterocycles. The molecule has 5 heteroatoms. The molecule has 148 valence electrons. The van der Waals surface area contributed by atoms with Gasteiger partial charge in [0.25, 0.3) is 5.91 Å². The lowest BCUT2D eigenvalue weighted by Crippen LogP contribution is -2.24. The second kappa shape index (κ2) is 10.5. The fraction of sp³-hybridized carbons (Fsp3) is 0.167. The summed E-state index contributed by atoms with van der Waals surface area (Å²) in [7, 11) is 0.